The van der Waals surface area contributed by atoms with Gasteiger partial charge in [0.2, 0.25) is 0 Å². The summed E-state index contributed by atoms with van der Waals surface area (Å²) in [6, 6.07) is 5.46. The normalized spacial score (nSPS) is 11.8. The SMILES string of the molecule is CC(Cn1cccn1)NC(=O)NCc1cccnc1N(C)C. The fourth-order valence-corrected chi connectivity index (χ4v) is 2.16. The third-order valence-corrected chi connectivity index (χ3v) is 3.13. The summed E-state index contributed by atoms with van der Waals surface area (Å²) in [6.07, 6.45) is 5.33. The van der Waals surface area contributed by atoms with Crippen LogP contribution in [0.3, 0.4) is 0 Å². The predicted octanol–water partition coefficient (Wildman–Crippen LogP) is 1.23. The van der Waals surface area contributed by atoms with Crippen LogP contribution in [0.25, 0.3) is 0 Å². The molecule has 2 N–H and O–H groups in total. The molecule has 0 aromatic carbocycles. The number of aromatic nitrogens is 3. The molecule has 2 aromatic heterocycles. The third-order valence-electron chi connectivity index (χ3n) is 3.13. The van der Waals surface area contributed by atoms with E-state index in [1.54, 1.807) is 17.1 Å². The number of rotatable bonds is 6. The van der Waals surface area contributed by atoms with Crippen molar-refractivity contribution >= 4 is 11.8 Å². The van der Waals surface area contributed by atoms with Gasteiger partial charge in [0.1, 0.15) is 5.82 Å². The number of nitrogens with one attached hydrogen (secondary N) is 2. The Hall–Kier alpha value is -2.57. The molecule has 1 unspecified atom stereocenters. The summed E-state index contributed by atoms with van der Waals surface area (Å²) < 4.78 is 1.79. The molecule has 0 aliphatic heterocycles. The first-order chi connectivity index (χ1) is 10.6. The van der Waals surface area contributed by atoms with Gasteiger partial charge in [-0.25, -0.2) is 9.78 Å². The van der Waals surface area contributed by atoms with E-state index >= 15 is 0 Å². The van der Waals surface area contributed by atoms with Gasteiger partial charge in [-0.2, -0.15) is 5.10 Å². The highest BCUT2D eigenvalue weighted by atomic mass is 16.2. The van der Waals surface area contributed by atoms with Crippen molar-refractivity contribution in [1.29, 1.82) is 0 Å². The maximum absolute atomic E-state index is 12.0. The van der Waals surface area contributed by atoms with E-state index in [2.05, 4.69) is 20.7 Å². The number of hydrogen-bond acceptors (Lipinski definition) is 4. The van der Waals surface area contributed by atoms with E-state index in [1.807, 2.05) is 50.3 Å². The molecule has 2 amide bonds. The van der Waals surface area contributed by atoms with Gasteiger partial charge in [0, 0.05) is 50.8 Å². The Morgan fingerprint density at radius 1 is 1.36 bits per heavy atom. The van der Waals surface area contributed by atoms with E-state index in [-0.39, 0.29) is 12.1 Å². The highest BCUT2D eigenvalue weighted by Gasteiger charge is 2.10. The molecule has 0 radical (unpaired) electrons. The van der Waals surface area contributed by atoms with Crippen LogP contribution in [-0.4, -0.2) is 40.9 Å². The minimum atomic E-state index is -0.201. The van der Waals surface area contributed by atoms with Crippen LogP contribution in [0.4, 0.5) is 10.6 Å². The standard InChI is InChI=1S/C15H22N6O/c1-12(11-21-9-5-8-18-21)19-15(22)17-10-13-6-4-7-16-14(13)20(2)3/h4-9,12H,10-11H2,1-3H3,(H2,17,19,22). The van der Waals surface area contributed by atoms with E-state index in [0.29, 0.717) is 13.1 Å². The minimum Gasteiger partial charge on any atom is -0.362 e. The third kappa shape index (κ3) is 4.47. The summed E-state index contributed by atoms with van der Waals surface area (Å²) >= 11 is 0. The lowest BCUT2D eigenvalue weighted by Gasteiger charge is -2.17. The van der Waals surface area contributed by atoms with Crippen molar-refractivity contribution in [3.63, 3.8) is 0 Å². The molecule has 0 aliphatic rings. The highest BCUT2D eigenvalue weighted by Crippen LogP contribution is 2.13. The van der Waals surface area contributed by atoms with Crippen LogP contribution in [-0.2, 0) is 13.1 Å². The van der Waals surface area contributed by atoms with Gasteiger partial charge in [-0.1, -0.05) is 6.07 Å². The molecule has 0 spiro atoms. The van der Waals surface area contributed by atoms with E-state index in [0.717, 1.165) is 11.4 Å². The molecular formula is C15H22N6O. The van der Waals surface area contributed by atoms with E-state index in [9.17, 15) is 4.79 Å². The van der Waals surface area contributed by atoms with Gasteiger partial charge in [0.15, 0.2) is 0 Å². The van der Waals surface area contributed by atoms with Crippen LogP contribution < -0.4 is 15.5 Å². The molecule has 22 heavy (non-hydrogen) atoms. The lowest BCUT2D eigenvalue weighted by Crippen LogP contribution is -2.42. The fraction of sp³-hybridized carbons (Fsp3) is 0.400. The topological polar surface area (TPSA) is 75.1 Å². The highest BCUT2D eigenvalue weighted by molar-refractivity contribution is 5.74. The first-order valence-electron chi connectivity index (χ1n) is 7.19. The van der Waals surface area contributed by atoms with Crippen LogP contribution in [0.1, 0.15) is 12.5 Å². The molecule has 2 heterocycles. The lowest BCUT2D eigenvalue weighted by molar-refractivity contribution is 0.235. The molecule has 2 aromatic rings. The molecule has 7 nitrogen and oxygen atoms in total. The Morgan fingerprint density at radius 2 is 2.18 bits per heavy atom. The molecule has 0 saturated carbocycles. The maximum atomic E-state index is 12.0. The first-order valence-corrected chi connectivity index (χ1v) is 7.19. The summed E-state index contributed by atoms with van der Waals surface area (Å²) in [4.78, 5) is 18.2. The molecule has 1 atom stereocenters. The molecule has 0 aliphatic carbocycles. The number of hydrogen-bond donors (Lipinski definition) is 2. The quantitative estimate of drug-likeness (QED) is 0.841. The zero-order valence-electron chi connectivity index (χ0n) is 13.2. The second-order valence-corrected chi connectivity index (χ2v) is 5.34. The minimum absolute atomic E-state index is 0.0119. The molecule has 0 fully saturated rings. The van der Waals surface area contributed by atoms with Gasteiger partial charge < -0.3 is 15.5 Å². The Balaban J connectivity index is 1.83. The second-order valence-electron chi connectivity index (χ2n) is 5.34. The number of amides is 2. The van der Waals surface area contributed by atoms with Crippen molar-refractivity contribution in [2.75, 3.05) is 19.0 Å². The number of anilines is 1. The Morgan fingerprint density at radius 3 is 2.86 bits per heavy atom. The monoisotopic (exact) mass is 302 g/mol. The first kappa shape index (κ1) is 15.8. The average molecular weight is 302 g/mol. The zero-order valence-corrected chi connectivity index (χ0v) is 13.2. The van der Waals surface area contributed by atoms with Crippen LogP contribution in [0.15, 0.2) is 36.8 Å². The molecular weight excluding hydrogens is 280 g/mol. The molecule has 118 valence electrons. The van der Waals surface area contributed by atoms with E-state index < -0.39 is 0 Å². The van der Waals surface area contributed by atoms with E-state index in [1.165, 1.54) is 0 Å². The van der Waals surface area contributed by atoms with Crippen molar-refractivity contribution in [2.24, 2.45) is 0 Å². The van der Waals surface area contributed by atoms with Crippen molar-refractivity contribution in [2.45, 2.75) is 26.1 Å². The second kappa shape index (κ2) is 7.44. The van der Waals surface area contributed by atoms with Crippen molar-refractivity contribution in [1.82, 2.24) is 25.4 Å². The lowest BCUT2D eigenvalue weighted by atomic mass is 10.2. The molecule has 2 rings (SSSR count). The van der Waals surface area contributed by atoms with Gasteiger partial charge in [-0.15, -0.1) is 0 Å². The summed E-state index contributed by atoms with van der Waals surface area (Å²) in [6.45, 7) is 3.01. The van der Waals surface area contributed by atoms with Gasteiger partial charge in [0.05, 0.1) is 6.54 Å². The Labute approximate surface area is 130 Å². The number of carbonyl (C=O) groups is 1. The van der Waals surface area contributed by atoms with Crippen LogP contribution in [0, 0.1) is 0 Å². The largest absolute Gasteiger partial charge is 0.362 e. The van der Waals surface area contributed by atoms with Gasteiger partial charge in [-0.05, 0) is 19.1 Å². The summed E-state index contributed by atoms with van der Waals surface area (Å²) in [7, 11) is 3.86. The van der Waals surface area contributed by atoms with Crippen LogP contribution in [0.5, 0.6) is 0 Å². The number of carbonyl (C=O) groups excluding carboxylic acids is 1. The Bertz CT molecular complexity index is 596. The van der Waals surface area contributed by atoms with Crippen molar-refractivity contribution < 1.29 is 4.79 Å². The van der Waals surface area contributed by atoms with Gasteiger partial charge in [-0.3, -0.25) is 4.68 Å². The molecule has 0 bridgehead atoms. The maximum Gasteiger partial charge on any atom is 0.315 e. The zero-order chi connectivity index (χ0) is 15.9. The number of pyridine rings is 1. The Kier molecular flexibility index (Phi) is 5.35. The molecule has 0 saturated heterocycles. The smallest absolute Gasteiger partial charge is 0.315 e. The van der Waals surface area contributed by atoms with Gasteiger partial charge >= 0.3 is 6.03 Å². The summed E-state index contributed by atoms with van der Waals surface area (Å²) in [5.41, 5.74) is 0.974. The summed E-state index contributed by atoms with van der Waals surface area (Å²) in [5, 5.41) is 9.87. The fourth-order valence-electron chi connectivity index (χ4n) is 2.16. The number of urea groups is 1. The van der Waals surface area contributed by atoms with Crippen LogP contribution in [0.2, 0.25) is 0 Å². The average Bonchev–Trinajstić information content (AvgIpc) is 2.98. The predicted molar refractivity (Wildman–Crippen MR) is 85.6 cm³/mol. The summed E-state index contributed by atoms with van der Waals surface area (Å²) in [5.74, 6) is 0.854. The van der Waals surface area contributed by atoms with E-state index in [4.69, 9.17) is 0 Å². The van der Waals surface area contributed by atoms with Crippen LogP contribution >= 0.6 is 0 Å². The molecule has 7 heteroatoms. The number of nitrogens with zero attached hydrogens (tertiary/aromatic N) is 4. The van der Waals surface area contributed by atoms with Crippen molar-refractivity contribution in [3.05, 3.63) is 42.4 Å². The van der Waals surface area contributed by atoms with Crippen molar-refractivity contribution in [3.8, 4) is 0 Å². The van der Waals surface area contributed by atoms with Gasteiger partial charge in [0.25, 0.3) is 0 Å².